The van der Waals surface area contributed by atoms with E-state index in [-0.39, 0.29) is 91.2 Å². The molecular formula is C77H102BN8NaO17. The minimum Gasteiger partial charge on any atom is -0.702 e. The van der Waals surface area contributed by atoms with Crippen molar-refractivity contribution in [1.29, 1.82) is 0 Å². The van der Waals surface area contributed by atoms with Gasteiger partial charge >= 0.3 is 29.6 Å². The van der Waals surface area contributed by atoms with Crippen LogP contribution < -0.4 is 55.0 Å². The first-order valence-electron chi connectivity index (χ1n) is 36.2. The number of aliphatic carboxylic acids is 1. The number of aldehydes is 1. The average Bonchev–Trinajstić information content (AvgIpc) is 1.64. The molecule has 6 amide bonds. The van der Waals surface area contributed by atoms with Gasteiger partial charge in [-0.1, -0.05) is 68.8 Å². The first-order valence-corrected chi connectivity index (χ1v) is 36.2. The van der Waals surface area contributed by atoms with Gasteiger partial charge in [0.05, 0.1) is 32.3 Å². The molecule has 0 spiro atoms. The summed E-state index contributed by atoms with van der Waals surface area (Å²) in [4.78, 5) is 123. The number of likely N-dealkylation sites (tertiary alicyclic amines) is 3. The maximum Gasteiger partial charge on any atom is 1.00 e. The molecule has 4 aromatic carbocycles. The van der Waals surface area contributed by atoms with E-state index in [0.717, 1.165) is 107 Å². The van der Waals surface area contributed by atoms with Gasteiger partial charge in [-0.3, -0.25) is 63.6 Å². The van der Waals surface area contributed by atoms with Crippen LogP contribution in [0.4, 0.5) is 0 Å². The summed E-state index contributed by atoms with van der Waals surface area (Å²) < 4.78 is 30.9. The summed E-state index contributed by atoms with van der Waals surface area (Å²) in [5, 5.41) is 15.6. The quantitative estimate of drug-likeness (QED) is 0.0579. The van der Waals surface area contributed by atoms with Gasteiger partial charge in [0, 0.05) is 95.5 Å². The van der Waals surface area contributed by atoms with Crippen molar-refractivity contribution in [3.8, 4) is 11.5 Å². The predicted molar refractivity (Wildman–Crippen MR) is 382 cm³/mol. The minimum absolute atomic E-state index is 0. The molecular weight excluding hydrogens is 1340 g/mol. The minimum atomic E-state index is -0.833. The third-order valence-electron chi connectivity index (χ3n) is 20.5. The molecule has 8 saturated heterocycles. The molecule has 4 aromatic rings. The molecule has 8 fully saturated rings. The number of carboxylic acids is 1. The van der Waals surface area contributed by atoms with E-state index < -0.39 is 30.0 Å². The number of benzene rings is 4. The van der Waals surface area contributed by atoms with Gasteiger partial charge in [0.1, 0.15) is 50.8 Å². The Labute approximate surface area is 633 Å². The van der Waals surface area contributed by atoms with Crippen LogP contribution in [-0.4, -0.2) is 207 Å². The Morgan fingerprint density at radius 3 is 1.38 bits per heavy atom. The smallest absolute Gasteiger partial charge is 0.702 e. The zero-order chi connectivity index (χ0) is 72.1. The summed E-state index contributed by atoms with van der Waals surface area (Å²) >= 11 is 0. The fourth-order valence-corrected chi connectivity index (χ4v) is 14.7. The van der Waals surface area contributed by atoms with Crippen LogP contribution in [0, 0.1) is 11.8 Å². The van der Waals surface area contributed by atoms with Crippen LogP contribution in [-0.2, 0) is 83.3 Å². The Bertz CT molecular complexity index is 3550. The number of nitrogens with one attached hydrogen (secondary N) is 3. The maximum absolute atomic E-state index is 13.0. The number of rotatable bonds is 19. The molecule has 27 heteroatoms. The van der Waals surface area contributed by atoms with Gasteiger partial charge in [0.25, 0.3) is 29.7 Å². The van der Waals surface area contributed by atoms with E-state index in [9.17, 15) is 43.2 Å². The van der Waals surface area contributed by atoms with Crippen LogP contribution in [0.3, 0.4) is 0 Å². The zero-order valence-electron chi connectivity index (χ0n) is 60.0. The van der Waals surface area contributed by atoms with Gasteiger partial charge < -0.3 is 58.2 Å². The van der Waals surface area contributed by atoms with Crippen molar-refractivity contribution in [2.75, 3.05) is 85.5 Å². The van der Waals surface area contributed by atoms with Crippen molar-refractivity contribution in [2.24, 2.45) is 11.8 Å². The van der Waals surface area contributed by atoms with Gasteiger partial charge in [-0.25, -0.2) is 0 Å². The number of amides is 6. The summed E-state index contributed by atoms with van der Waals surface area (Å²) in [6, 6.07) is 29.3. The molecule has 0 aromatic heterocycles. The third kappa shape index (κ3) is 23.8. The van der Waals surface area contributed by atoms with E-state index in [1.807, 2.05) is 30.3 Å². The number of imide groups is 2. The van der Waals surface area contributed by atoms with Gasteiger partial charge in [-0.2, -0.15) is 0 Å². The molecule has 2 unspecified atom stereocenters. The Hall–Kier alpha value is -7.40. The number of carbonyl (C=O) groups excluding carboxylic acids is 9. The van der Waals surface area contributed by atoms with E-state index in [2.05, 4.69) is 88.5 Å². The van der Waals surface area contributed by atoms with Crippen LogP contribution in [0.5, 0.6) is 11.5 Å². The number of hydrogen-bond acceptors (Lipinski definition) is 20. The molecule has 556 valence electrons. The molecule has 10 aliphatic heterocycles. The summed E-state index contributed by atoms with van der Waals surface area (Å²) in [6.07, 6.45) is 14.1. The Balaban J connectivity index is 0.000000208. The number of carboxylic acid groups (broad SMARTS) is 1. The predicted octanol–water partition coefficient (Wildman–Crippen LogP) is 4.26. The fraction of sp³-hybridized carbons (Fsp3) is 0.558. The summed E-state index contributed by atoms with van der Waals surface area (Å²) in [6.45, 7) is 18.4. The van der Waals surface area contributed by atoms with Crippen LogP contribution in [0.1, 0.15) is 184 Å². The van der Waals surface area contributed by atoms with E-state index >= 15 is 0 Å². The number of carbonyl (C=O) groups is 10. The van der Waals surface area contributed by atoms with E-state index in [0.29, 0.717) is 95.1 Å². The van der Waals surface area contributed by atoms with Crippen molar-refractivity contribution < 1.29 is 111 Å². The Kier molecular flexibility index (Phi) is 32.4. The van der Waals surface area contributed by atoms with E-state index in [1.165, 1.54) is 107 Å². The Morgan fingerprint density at radius 2 is 1.00 bits per heavy atom. The standard InChI is InChI=1S/C35H44N4O5.C31H38N4O4.C4H6BO4.C4H6O2.C2H4O2.CH4.Na/c40-33-11-10-32(34(41)36-33)39-20-28-17-30(8-9-31(28)35(39)42)44-23-29-3-1-2-14-38(29)19-24-4-6-26(7-5-24)27-12-15-37(16-13-27)18-25-21-43-22-25;36-29-11-10-28(30(37)33-29)35-19-24-17-26(8-9-27(24)31(35)38)39-20-25-3-1-2-16-34(25)18-21-4-6-22(7-5-21)23-12-14-32-15-13-23;1-3(6)8-5-9-4(2)7;5-1-4-2-6-3-4;1-2(3)4;;/h4-9,17,25,27,29,32H,1-3,10-16,18-23H2,(H,36,40,41);4-9,17,23,25,28,32H,1-3,10-16,18-20H2,(H,33,36,37);1-2H3;1,4H,2-3H2;1H3,(H,3,4);1H4;/q;;-1;;;;+1/t29-,32?;25-,28?;;;;;/m11...../s1. The maximum atomic E-state index is 13.0. The van der Waals surface area contributed by atoms with Crippen molar-refractivity contribution >= 4 is 67.3 Å². The van der Waals surface area contributed by atoms with Crippen molar-refractivity contribution in [1.82, 2.24) is 40.4 Å². The molecule has 0 aliphatic carbocycles. The molecule has 14 rings (SSSR count). The van der Waals surface area contributed by atoms with Gasteiger partial charge in [-0.05, 0) is 185 Å². The number of hydrogen-bond donors (Lipinski definition) is 4. The first-order chi connectivity index (χ1) is 49.3. The molecule has 0 bridgehead atoms. The second-order valence-corrected chi connectivity index (χ2v) is 28.1. The molecule has 2 radical (unpaired) electrons. The molecule has 0 saturated carbocycles. The average molecular weight is 1450 g/mol. The SMILES string of the molecule is C.CC(=O)O.CC(=O)O[B-]OC(C)=O.O=C1CCC(N2Cc3cc(OC[C@H]4CCCCN4Cc4ccc(C5CCN(CC6COC6)CC5)cc4)ccc3C2=O)C(=O)N1.O=C1CCC(N2Cc3cc(OC[C@H]4CCCCN4Cc4ccc(C5CCNCC5)cc4)ccc3C2=O)C(=O)N1.O=CC1COC1.[Na+]. The van der Waals surface area contributed by atoms with Crippen molar-refractivity contribution in [3.05, 3.63) is 129 Å². The second-order valence-electron chi connectivity index (χ2n) is 28.1. The topological polar surface area (TPSA) is 299 Å². The van der Waals surface area contributed by atoms with E-state index in [4.69, 9.17) is 28.8 Å². The summed E-state index contributed by atoms with van der Waals surface area (Å²) in [5.41, 5.74) is 8.61. The second kappa shape index (κ2) is 40.9. The molecule has 10 heterocycles. The summed E-state index contributed by atoms with van der Waals surface area (Å²) in [7, 11) is 0.699. The molecule has 10 aliphatic rings. The van der Waals surface area contributed by atoms with Gasteiger partial charge in [0.15, 0.2) is 0 Å². The number of nitrogens with zero attached hydrogens (tertiary/aromatic N) is 5. The number of piperidine rings is 6. The first kappa shape index (κ1) is 82.3. The van der Waals surface area contributed by atoms with Crippen LogP contribution >= 0.6 is 0 Å². The fourth-order valence-electron chi connectivity index (χ4n) is 14.7. The molecule has 4 atom stereocenters. The third-order valence-corrected chi connectivity index (χ3v) is 20.5. The van der Waals surface area contributed by atoms with Crippen molar-refractivity contribution in [2.45, 2.75) is 180 Å². The zero-order valence-corrected chi connectivity index (χ0v) is 62.0. The Morgan fingerprint density at radius 1 is 0.567 bits per heavy atom. The van der Waals surface area contributed by atoms with Crippen molar-refractivity contribution in [3.63, 3.8) is 0 Å². The van der Waals surface area contributed by atoms with Crippen LogP contribution in [0.15, 0.2) is 84.9 Å². The van der Waals surface area contributed by atoms with Crippen LogP contribution in [0.25, 0.3) is 0 Å². The normalized spacial score (nSPS) is 22.3. The van der Waals surface area contributed by atoms with Gasteiger partial charge in [0.2, 0.25) is 23.6 Å². The summed E-state index contributed by atoms with van der Waals surface area (Å²) in [5.74, 6) is 0.290. The largest absolute Gasteiger partial charge is 1.00 e. The van der Waals surface area contributed by atoms with Gasteiger partial charge in [-0.15, -0.1) is 0 Å². The molecule has 104 heavy (non-hydrogen) atoms. The molecule has 4 N–H and O–H groups in total. The van der Waals surface area contributed by atoms with E-state index in [1.54, 1.807) is 15.9 Å². The van der Waals surface area contributed by atoms with Crippen LogP contribution in [0.2, 0.25) is 0 Å². The monoisotopic (exact) mass is 1440 g/mol. The molecule has 25 nitrogen and oxygen atoms in total. The number of fused-ring (bicyclic) bond motifs is 2. The number of ether oxygens (including phenoxy) is 4.